The zero-order chi connectivity index (χ0) is 14.7. The molecular weight excluding hydrogens is 254 g/mol. The lowest BCUT2D eigenvalue weighted by molar-refractivity contribution is -0.138. The van der Waals surface area contributed by atoms with Gasteiger partial charge in [-0.1, -0.05) is 6.92 Å². The third-order valence-corrected chi connectivity index (χ3v) is 5.02. The van der Waals surface area contributed by atoms with Crippen molar-refractivity contribution in [1.29, 1.82) is 0 Å². The number of hydrogen-bond acceptors (Lipinski definition) is 3. The molecule has 114 valence electrons. The average molecular weight is 281 g/mol. The van der Waals surface area contributed by atoms with E-state index in [4.69, 9.17) is 11.5 Å². The summed E-state index contributed by atoms with van der Waals surface area (Å²) in [4.78, 5) is 25.4. The molecule has 2 aliphatic rings. The van der Waals surface area contributed by atoms with Gasteiger partial charge >= 0.3 is 0 Å². The molecule has 1 aliphatic heterocycles. The Bertz CT molecular complexity index is 364. The highest BCUT2D eigenvalue weighted by atomic mass is 16.2. The molecule has 1 heterocycles. The summed E-state index contributed by atoms with van der Waals surface area (Å²) < 4.78 is 0. The van der Waals surface area contributed by atoms with Crippen LogP contribution < -0.4 is 11.5 Å². The summed E-state index contributed by atoms with van der Waals surface area (Å²) in [5.74, 6) is 1.02. The third-order valence-electron chi connectivity index (χ3n) is 5.02. The monoisotopic (exact) mass is 281 g/mol. The minimum atomic E-state index is -0.234. The van der Waals surface area contributed by atoms with E-state index in [2.05, 4.69) is 6.92 Å². The van der Waals surface area contributed by atoms with E-state index in [1.54, 1.807) is 0 Å². The van der Waals surface area contributed by atoms with Crippen LogP contribution in [0.1, 0.15) is 45.4 Å². The summed E-state index contributed by atoms with van der Waals surface area (Å²) in [5, 5.41) is 0. The number of likely N-dealkylation sites (tertiary alicyclic amines) is 1. The van der Waals surface area contributed by atoms with Crippen molar-refractivity contribution in [2.75, 3.05) is 13.1 Å². The molecule has 0 aromatic heterocycles. The van der Waals surface area contributed by atoms with Gasteiger partial charge in [-0.15, -0.1) is 0 Å². The first-order chi connectivity index (χ1) is 9.47. The molecule has 2 amide bonds. The van der Waals surface area contributed by atoms with Crippen LogP contribution in [-0.2, 0) is 9.59 Å². The fourth-order valence-electron chi connectivity index (χ4n) is 3.48. The van der Waals surface area contributed by atoms with Crippen molar-refractivity contribution >= 4 is 11.8 Å². The van der Waals surface area contributed by atoms with Crippen LogP contribution in [0.4, 0.5) is 0 Å². The molecule has 0 bridgehead atoms. The van der Waals surface area contributed by atoms with Crippen LogP contribution in [0.25, 0.3) is 0 Å². The van der Waals surface area contributed by atoms with E-state index < -0.39 is 0 Å². The highest BCUT2D eigenvalue weighted by Gasteiger charge is 2.33. The Hall–Kier alpha value is -1.10. The number of piperidine rings is 1. The number of nitrogens with zero attached hydrogens (tertiary/aromatic N) is 1. The van der Waals surface area contributed by atoms with Crippen LogP contribution >= 0.6 is 0 Å². The van der Waals surface area contributed by atoms with Crippen LogP contribution in [-0.4, -0.2) is 35.8 Å². The maximum atomic E-state index is 12.5. The number of hydrogen-bond donors (Lipinski definition) is 2. The lowest BCUT2D eigenvalue weighted by atomic mass is 9.78. The molecule has 1 saturated carbocycles. The fourth-order valence-corrected chi connectivity index (χ4v) is 3.48. The van der Waals surface area contributed by atoms with Gasteiger partial charge in [-0.2, -0.15) is 0 Å². The summed E-state index contributed by atoms with van der Waals surface area (Å²) in [6.07, 6.45) is 5.08. The van der Waals surface area contributed by atoms with Crippen molar-refractivity contribution in [2.24, 2.45) is 29.2 Å². The molecule has 3 atom stereocenters. The predicted molar refractivity (Wildman–Crippen MR) is 77.6 cm³/mol. The minimum Gasteiger partial charge on any atom is -0.370 e. The predicted octanol–water partition coefficient (Wildman–Crippen LogP) is 0.864. The van der Waals surface area contributed by atoms with Gasteiger partial charge in [0.25, 0.3) is 0 Å². The summed E-state index contributed by atoms with van der Waals surface area (Å²) in [6, 6.07) is 0.158. The summed E-state index contributed by atoms with van der Waals surface area (Å²) in [6.45, 7) is 3.69. The van der Waals surface area contributed by atoms with Gasteiger partial charge in [0.05, 0.1) is 0 Å². The van der Waals surface area contributed by atoms with Gasteiger partial charge < -0.3 is 16.4 Å². The van der Waals surface area contributed by atoms with Crippen LogP contribution in [0.2, 0.25) is 0 Å². The number of nitrogens with two attached hydrogens (primary N) is 2. The van der Waals surface area contributed by atoms with Crippen LogP contribution in [0, 0.1) is 17.8 Å². The van der Waals surface area contributed by atoms with E-state index in [1.807, 2.05) is 4.90 Å². The zero-order valence-electron chi connectivity index (χ0n) is 12.4. The second-order valence-electron chi connectivity index (χ2n) is 6.59. The fraction of sp³-hybridized carbons (Fsp3) is 0.867. The van der Waals surface area contributed by atoms with Crippen molar-refractivity contribution in [3.8, 4) is 0 Å². The van der Waals surface area contributed by atoms with Gasteiger partial charge in [0, 0.05) is 31.5 Å². The molecule has 2 rings (SSSR count). The Labute approximate surface area is 121 Å². The van der Waals surface area contributed by atoms with Crippen LogP contribution in [0.3, 0.4) is 0 Å². The second kappa shape index (κ2) is 6.57. The molecule has 20 heavy (non-hydrogen) atoms. The highest BCUT2D eigenvalue weighted by molar-refractivity contribution is 5.79. The quantitative estimate of drug-likeness (QED) is 0.804. The molecule has 1 aliphatic carbocycles. The van der Waals surface area contributed by atoms with Crippen LogP contribution in [0.5, 0.6) is 0 Å². The van der Waals surface area contributed by atoms with Gasteiger partial charge in [0.2, 0.25) is 11.8 Å². The Morgan fingerprint density at radius 1 is 1.15 bits per heavy atom. The first kappa shape index (κ1) is 15.3. The number of carbonyl (C=O) groups excluding carboxylic acids is 2. The van der Waals surface area contributed by atoms with Crippen molar-refractivity contribution < 1.29 is 9.59 Å². The molecular formula is C15H27N3O2. The lowest BCUT2D eigenvalue weighted by Crippen LogP contribution is -2.46. The van der Waals surface area contributed by atoms with Crippen molar-refractivity contribution in [3.05, 3.63) is 0 Å². The van der Waals surface area contributed by atoms with Crippen molar-refractivity contribution in [1.82, 2.24) is 4.90 Å². The summed E-state index contributed by atoms with van der Waals surface area (Å²) in [7, 11) is 0. The molecule has 5 nitrogen and oxygen atoms in total. The molecule has 5 heteroatoms. The topological polar surface area (TPSA) is 89.4 Å². The lowest BCUT2D eigenvalue weighted by Gasteiger charge is -2.37. The van der Waals surface area contributed by atoms with Gasteiger partial charge in [0.1, 0.15) is 0 Å². The third kappa shape index (κ3) is 3.72. The Morgan fingerprint density at radius 3 is 2.35 bits per heavy atom. The van der Waals surface area contributed by atoms with Gasteiger partial charge in [0.15, 0.2) is 0 Å². The molecule has 2 fully saturated rings. The Balaban J connectivity index is 1.81. The maximum Gasteiger partial charge on any atom is 0.225 e. The molecule has 0 spiro atoms. The van der Waals surface area contributed by atoms with E-state index in [9.17, 15) is 9.59 Å². The summed E-state index contributed by atoms with van der Waals surface area (Å²) >= 11 is 0. The Kier molecular flexibility index (Phi) is 5.02. The van der Waals surface area contributed by atoms with E-state index in [1.165, 1.54) is 0 Å². The number of carbonyl (C=O) groups is 2. The maximum absolute atomic E-state index is 12.5. The minimum absolute atomic E-state index is 0.105. The average Bonchev–Trinajstić information content (AvgIpc) is 2.41. The number of rotatable bonds is 3. The highest BCUT2D eigenvalue weighted by Crippen LogP contribution is 2.30. The largest absolute Gasteiger partial charge is 0.370 e. The molecule has 0 aromatic carbocycles. The molecule has 0 aromatic rings. The molecule has 0 radical (unpaired) electrons. The molecule has 4 N–H and O–H groups in total. The van der Waals surface area contributed by atoms with Crippen LogP contribution in [0.15, 0.2) is 0 Å². The second-order valence-corrected chi connectivity index (χ2v) is 6.59. The van der Waals surface area contributed by atoms with E-state index >= 15 is 0 Å². The summed E-state index contributed by atoms with van der Waals surface area (Å²) in [5.41, 5.74) is 11.3. The first-order valence-corrected chi connectivity index (χ1v) is 7.80. The van der Waals surface area contributed by atoms with Gasteiger partial charge in [-0.3, -0.25) is 9.59 Å². The van der Waals surface area contributed by atoms with Crippen molar-refractivity contribution in [3.63, 3.8) is 0 Å². The SMILES string of the molecule is CC1CCC(C(=O)N2CCC(CC(N)=O)CC2)CC1N. The molecule has 3 unspecified atom stereocenters. The van der Waals surface area contributed by atoms with E-state index in [0.717, 1.165) is 45.2 Å². The zero-order valence-corrected chi connectivity index (χ0v) is 12.4. The van der Waals surface area contributed by atoms with Gasteiger partial charge in [-0.25, -0.2) is 0 Å². The molecule has 1 saturated heterocycles. The smallest absolute Gasteiger partial charge is 0.225 e. The van der Waals surface area contributed by atoms with E-state index in [-0.39, 0.29) is 23.8 Å². The number of amides is 2. The standard InChI is InChI=1S/C15H27N3O2/c1-10-2-3-12(9-13(10)16)15(20)18-6-4-11(5-7-18)8-14(17)19/h10-13H,2-9,16H2,1H3,(H2,17,19). The van der Waals surface area contributed by atoms with Gasteiger partial charge in [-0.05, 0) is 43.9 Å². The normalized spacial score (nSPS) is 32.1. The number of primary amides is 1. The first-order valence-electron chi connectivity index (χ1n) is 7.80. The van der Waals surface area contributed by atoms with E-state index in [0.29, 0.717) is 18.3 Å². The van der Waals surface area contributed by atoms with Crippen molar-refractivity contribution in [2.45, 2.75) is 51.5 Å². The Morgan fingerprint density at radius 2 is 1.80 bits per heavy atom.